The Kier molecular flexibility index (Phi) is 4.79. The first-order valence-corrected chi connectivity index (χ1v) is 8.45. The molecular weight excluding hydrogens is 260 g/mol. The summed E-state index contributed by atoms with van der Waals surface area (Å²) in [6.07, 6.45) is 9.80. The van der Waals surface area contributed by atoms with E-state index in [0.717, 1.165) is 32.4 Å². The van der Waals surface area contributed by atoms with Crippen molar-refractivity contribution < 1.29 is 4.79 Å². The summed E-state index contributed by atoms with van der Waals surface area (Å²) in [5.74, 6) is 0. The molecule has 2 amide bonds. The molecule has 21 heavy (non-hydrogen) atoms. The fourth-order valence-corrected chi connectivity index (χ4v) is 3.54. The van der Waals surface area contributed by atoms with Crippen molar-refractivity contribution in [3.8, 4) is 0 Å². The molecule has 1 aromatic rings. The van der Waals surface area contributed by atoms with Crippen molar-refractivity contribution in [1.29, 1.82) is 0 Å². The average Bonchev–Trinajstić information content (AvgIpc) is 2.49. The smallest absolute Gasteiger partial charge is 0.317 e. The van der Waals surface area contributed by atoms with Crippen LogP contribution < -0.4 is 5.32 Å². The van der Waals surface area contributed by atoms with Crippen molar-refractivity contribution in [1.82, 2.24) is 10.2 Å². The molecule has 0 radical (unpaired) electrons. The topological polar surface area (TPSA) is 32.3 Å². The maximum atomic E-state index is 12.5. The number of urea groups is 1. The second-order valence-corrected chi connectivity index (χ2v) is 6.43. The van der Waals surface area contributed by atoms with Crippen molar-refractivity contribution in [3.63, 3.8) is 0 Å². The zero-order chi connectivity index (χ0) is 14.5. The lowest BCUT2D eigenvalue weighted by molar-refractivity contribution is 0.185. The maximum Gasteiger partial charge on any atom is 0.317 e. The van der Waals surface area contributed by atoms with E-state index in [9.17, 15) is 4.79 Å². The van der Waals surface area contributed by atoms with E-state index in [1.165, 1.54) is 43.2 Å². The minimum atomic E-state index is 0.134. The molecule has 0 saturated heterocycles. The van der Waals surface area contributed by atoms with Gasteiger partial charge in [0.05, 0.1) is 0 Å². The fourth-order valence-electron chi connectivity index (χ4n) is 3.54. The molecule has 0 bridgehead atoms. The summed E-state index contributed by atoms with van der Waals surface area (Å²) in [5, 5.41) is 3.27. The van der Waals surface area contributed by atoms with Crippen LogP contribution in [0.4, 0.5) is 4.79 Å². The predicted molar refractivity (Wildman–Crippen MR) is 85.2 cm³/mol. The van der Waals surface area contributed by atoms with E-state index in [1.807, 2.05) is 4.90 Å². The minimum absolute atomic E-state index is 0.134. The van der Waals surface area contributed by atoms with E-state index in [4.69, 9.17) is 0 Å². The minimum Gasteiger partial charge on any atom is -0.335 e. The monoisotopic (exact) mass is 286 g/mol. The summed E-state index contributed by atoms with van der Waals surface area (Å²) in [4.78, 5) is 14.5. The van der Waals surface area contributed by atoms with Crippen LogP contribution in [0.25, 0.3) is 0 Å². The average molecular weight is 286 g/mol. The molecule has 3 nitrogen and oxygen atoms in total. The lowest BCUT2D eigenvalue weighted by Crippen LogP contribution is -2.46. The Hall–Kier alpha value is -1.51. The van der Waals surface area contributed by atoms with E-state index in [0.29, 0.717) is 6.04 Å². The highest BCUT2D eigenvalue weighted by Crippen LogP contribution is 2.20. The lowest BCUT2D eigenvalue weighted by atomic mass is 9.96. The number of carbonyl (C=O) groups excluding carboxylic acids is 1. The number of nitrogens with one attached hydrogen (secondary N) is 1. The van der Waals surface area contributed by atoms with E-state index in [-0.39, 0.29) is 6.03 Å². The second-order valence-electron chi connectivity index (χ2n) is 6.43. The van der Waals surface area contributed by atoms with Crippen LogP contribution in [0.3, 0.4) is 0 Å². The molecule has 3 heteroatoms. The van der Waals surface area contributed by atoms with E-state index in [1.54, 1.807) is 0 Å². The Balaban J connectivity index is 1.56. The summed E-state index contributed by atoms with van der Waals surface area (Å²) in [5.41, 5.74) is 2.70. The third-order valence-corrected chi connectivity index (χ3v) is 4.85. The van der Waals surface area contributed by atoms with Crippen molar-refractivity contribution in [2.24, 2.45) is 0 Å². The van der Waals surface area contributed by atoms with Crippen molar-refractivity contribution in [2.45, 2.75) is 64.0 Å². The number of fused-ring (bicyclic) bond motifs is 1. The standard InChI is InChI=1S/C18H26N2O/c21-18(19-17-10-4-2-1-3-5-11-17)20-13-12-15-8-6-7-9-16(15)14-20/h6-9,17H,1-5,10-14H2,(H,19,21). The number of benzene rings is 1. The Bertz CT molecular complexity index is 478. The molecule has 114 valence electrons. The molecule has 1 saturated carbocycles. The van der Waals surface area contributed by atoms with Gasteiger partial charge in [-0.05, 0) is 30.4 Å². The molecule has 2 aliphatic rings. The second kappa shape index (κ2) is 6.97. The van der Waals surface area contributed by atoms with Crippen LogP contribution in [0.15, 0.2) is 24.3 Å². The van der Waals surface area contributed by atoms with Gasteiger partial charge in [0, 0.05) is 19.1 Å². The Morgan fingerprint density at radius 1 is 1.00 bits per heavy atom. The van der Waals surface area contributed by atoms with Crippen LogP contribution in [-0.2, 0) is 13.0 Å². The molecule has 1 fully saturated rings. The van der Waals surface area contributed by atoms with E-state index in [2.05, 4.69) is 29.6 Å². The highest BCUT2D eigenvalue weighted by atomic mass is 16.2. The fraction of sp³-hybridized carbons (Fsp3) is 0.611. The summed E-state index contributed by atoms with van der Waals surface area (Å²) < 4.78 is 0. The van der Waals surface area contributed by atoms with Gasteiger partial charge in [-0.25, -0.2) is 4.79 Å². The van der Waals surface area contributed by atoms with Gasteiger partial charge >= 0.3 is 6.03 Å². The zero-order valence-corrected chi connectivity index (χ0v) is 12.8. The lowest BCUT2D eigenvalue weighted by Gasteiger charge is -2.31. The molecule has 0 unspecified atom stereocenters. The molecular formula is C18H26N2O. The summed E-state index contributed by atoms with van der Waals surface area (Å²) in [7, 11) is 0. The number of hydrogen-bond acceptors (Lipinski definition) is 1. The van der Waals surface area contributed by atoms with Gasteiger partial charge in [-0.1, -0.05) is 56.4 Å². The maximum absolute atomic E-state index is 12.5. The van der Waals surface area contributed by atoms with Crippen LogP contribution in [0.2, 0.25) is 0 Å². The van der Waals surface area contributed by atoms with Gasteiger partial charge in [-0.3, -0.25) is 0 Å². The molecule has 0 atom stereocenters. The van der Waals surface area contributed by atoms with Crippen LogP contribution in [0.5, 0.6) is 0 Å². The van der Waals surface area contributed by atoms with Gasteiger partial charge in [0.1, 0.15) is 0 Å². The molecule has 0 aromatic heterocycles. The Morgan fingerprint density at radius 3 is 2.43 bits per heavy atom. The number of carbonyl (C=O) groups is 1. The SMILES string of the molecule is O=C(NC1CCCCCCC1)N1CCc2ccccc2C1. The van der Waals surface area contributed by atoms with E-state index < -0.39 is 0 Å². The molecule has 1 aliphatic carbocycles. The molecule has 3 rings (SSSR count). The Morgan fingerprint density at radius 2 is 1.67 bits per heavy atom. The summed E-state index contributed by atoms with van der Waals surface area (Å²) >= 11 is 0. The Labute approximate surface area is 127 Å². The third kappa shape index (κ3) is 3.78. The number of nitrogens with zero attached hydrogens (tertiary/aromatic N) is 1. The first kappa shape index (κ1) is 14.4. The number of hydrogen-bond donors (Lipinski definition) is 1. The van der Waals surface area contributed by atoms with Crippen LogP contribution in [0.1, 0.15) is 56.1 Å². The largest absolute Gasteiger partial charge is 0.335 e. The van der Waals surface area contributed by atoms with Gasteiger partial charge in [-0.15, -0.1) is 0 Å². The third-order valence-electron chi connectivity index (χ3n) is 4.85. The summed E-state index contributed by atoms with van der Waals surface area (Å²) in [6.45, 7) is 1.60. The van der Waals surface area contributed by atoms with Gasteiger partial charge in [0.25, 0.3) is 0 Å². The van der Waals surface area contributed by atoms with Gasteiger partial charge in [0.15, 0.2) is 0 Å². The molecule has 0 spiro atoms. The first-order valence-electron chi connectivity index (χ1n) is 8.45. The number of rotatable bonds is 1. The highest BCUT2D eigenvalue weighted by Gasteiger charge is 2.22. The molecule has 1 aromatic carbocycles. The van der Waals surface area contributed by atoms with Crippen LogP contribution >= 0.6 is 0 Å². The first-order chi connectivity index (χ1) is 10.3. The highest BCUT2D eigenvalue weighted by molar-refractivity contribution is 5.75. The van der Waals surface area contributed by atoms with Crippen LogP contribution in [0, 0.1) is 0 Å². The number of amides is 2. The van der Waals surface area contributed by atoms with Crippen LogP contribution in [-0.4, -0.2) is 23.5 Å². The summed E-state index contributed by atoms with van der Waals surface area (Å²) in [6, 6.07) is 8.99. The predicted octanol–water partition coefficient (Wildman–Crippen LogP) is 3.87. The molecule has 1 N–H and O–H groups in total. The van der Waals surface area contributed by atoms with Gasteiger partial charge in [-0.2, -0.15) is 0 Å². The van der Waals surface area contributed by atoms with Gasteiger partial charge in [0.2, 0.25) is 0 Å². The quantitative estimate of drug-likeness (QED) is 0.835. The zero-order valence-electron chi connectivity index (χ0n) is 12.8. The van der Waals surface area contributed by atoms with Crippen molar-refractivity contribution >= 4 is 6.03 Å². The van der Waals surface area contributed by atoms with Crippen molar-refractivity contribution in [3.05, 3.63) is 35.4 Å². The van der Waals surface area contributed by atoms with Crippen molar-refractivity contribution in [2.75, 3.05) is 6.54 Å². The molecule has 1 heterocycles. The van der Waals surface area contributed by atoms with E-state index >= 15 is 0 Å². The molecule has 1 aliphatic heterocycles. The normalized spacial score (nSPS) is 20.3. The van der Waals surface area contributed by atoms with Gasteiger partial charge < -0.3 is 10.2 Å².